The van der Waals surface area contributed by atoms with Crippen molar-refractivity contribution in [2.45, 2.75) is 153 Å². The minimum atomic E-state index is -2.47. The SMILES string of the molecule is COc1cccc2c1C(=O)c1c(O)c3c(c(O)c1C2=O)C[C@@](O)(C(=O)CO)C[C@@H]3O[C@H]1C[C@H](NC(=O)[C@H](Cc2c[nH]c3ccccc23)NC(=O)[C@H](CC(C)C)NC(=O)CNC(=O)[C@H](CC(C)C)NC(=O)[C@@H]2CCCN2C(=O)CNC(C)=O)[C@H](O)[C@H](C)O1. The fraction of sp³-hybridized carbons (Fsp3) is 0.508. The highest BCUT2D eigenvalue weighted by Gasteiger charge is 2.51. The van der Waals surface area contributed by atoms with Crippen LogP contribution >= 0.6 is 0 Å². The highest BCUT2D eigenvalue weighted by atomic mass is 16.7. The Morgan fingerprint density at radius 2 is 1.52 bits per heavy atom. The second-order valence-corrected chi connectivity index (χ2v) is 23.5. The Bertz CT molecular complexity index is 3360. The summed E-state index contributed by atoms with van der Waals surface area (Å²) < 4.78 is 17.9. The first-order valence-electron chi connectivity index (χ1n) is 29.0. The van der Waals surface area contributed by atoms with Gasteiger partial charge in [-0.1, -0.05) is 58.0 Å². The Kier molecular flexibility index (Phi) is 20.2. The van der Waals surface area contributed by atoms with E-state index in [1.54, 1.807) is 32.2 Å². The Hall–Kier alpha value is -8.30. The average molecular weight is 1210 g/mol. The van der Waals surface area contributed by atoms with Gasteiger partial charge in [0.2, 0.25) is 47.1 Å². The molecule has 0 radical (unpaired) electrons. The number of aliphatic hydroxyl groups excluding tert-OH is 2. The van der Waals surface area contributed by atoms with Crippen LogP contribution in [0.5, 0.6) is 17.2 Å². The molecule has 2 aliphatic heterocycles. The van der Waals surface area contributed by atoms with Crippen LogP contribution in [0.2, 0.25) is 0 Å². The molecule has 26 heteroatoms. The molecule has 4 aromatic rings. The number of hydrogen-bond acceptors (Lipinski definition) is 18. The summed E-state index contributed by atoms with van der Waals surface area (Å²) in [7, 11) is 1.28. The number of methoxy groups -OCH3 is 1. The van der Waals surface area contributed by atoms with Gasteiger partial charge in [-0.25, -0.2) is 0 Å². The van der Waals surface area contributed by atoms with Gasteiger partial charge in [0.15, 0.2) is 17.9 Å². The summed E-state index contributed by atoms with van der Waals surface area (Å²) in [5.41, 5.74) is -3.27. The quantitative estimate of drug-likeness (QED) is 0.0400. The smallest absolute Gasteiger partial charge is 0.243 e. The van der Waals surface area contributed by atoms with Crippen molar-refractivity contribution in [1.82, 2.24) is 41.8 Å². The molecule has 2 aliphatic carbocycles. The van der Waals surface area contributed by atoms with Gasteiger partial charge >= 0.3 is 0 Å². The molecular formula is C61H76N8O18. The maximum Gasteiger partial charge on any atom is 0.243 e. The molecule has 2 fully saturated rings. The number of benzene rings is 3. The van der Waals surface area contributed by atoms with E-state index in [9.17, 15) is 73.5 Å². The first-order valence-corrected chi connectivity index (χ1v) is 29.0. The number of aliphatic hydroxyl groups is 3. The van der Waals surface area contributed by atoms with E-state index in [-0.39, 0.29) is 78.6 Å². The Morgan fingerprint density at radius 1 is 0.828 bits per heavy atom. The van der Waals surface area contributed by atoms with Crippen molar-refractivity contribution in [3.63, 3.8) is 0 Å². The number of nitrogens with zero attached hydrogens (tertiary/aromatic N) is 1. The molecule has 0 bridgehead atoms. The number of nitrogens with one attached hydrogen (secondary N) is 7. The number of likely N-dealkylation sites (tertiary alicyclic amines) is 1. The zero-order valence-corrected chi connectivity index (χ0v) is 49.4. The maximum absolute atomic E-state index is 14.8. The number of amides is 7. The number of carbonyl (C=O) groups excluding carboxylic acids is 10. The van der Waals surface area contributed by atoms with Crippen molar-refractivity contribution in [3.8, 4) is 17.2 Å². The predicted molar refractivity (Wildman–Crippen MR) is 309 cm³/mol. The molecule has 87 heavy (non-hydrogen) atoms. The van der Waals surface area contributed by atoms with Gasteiger partial charge in [0.05, 0.1) is 55.1 Å². The Morgan fingerprint density at radius 3 is 2.20 bits per heavy atom. The number of ether oxygens (including phenoxy) is 3. The fourth-order valence-electron chi connectivity index (χ4n) is 12.0. The lowest BCUT2D eigenvalue weighted by Crippen LogP contribution is -2.60. The van der Waals surface area contributed by atoms with E-state index in [2.05, 4.69) is 36.9 Å². The van der Waals surface area contributed by atoms with Crippen molar-refractivity contribution < 1.29 is 87.7 Å². The zero-order chi connectivity index (χ0) is 63.3. The molecule has 0 spiro atoms. The fourth-order valence-corrected chi connectivity index (χ4v) is 12.0. The minimum absolute atomic E-state index is 0.00685. The van der Waals surface area contributed by atoms with Crippen molar-refractivity contribution in [1.29, 1.82) is 0 Å². The highest BCUT2D eigenvalue weighted by Crippen LogP contribution is 2.52. The molecule has 2 saturated heterocycles. The topological polar surface area (TPSA) is 391 Å². The van der Waals surface area contributed by atoms with Crippen LogP contribution in [0.25, 0.3) is 10.9 Å². The van der Waals surface area contributed by atoms with Gasteiger partial charge in [-0.3, -0.25) is 47.9 Å². The number of phenolic OH excluding ortho intramolecular Hbond substituents is 2. The molecule has 26 nitrogen and oxygen atoms in total. The molecule has 10 atom stereocenters. The summed E-state index contributed by atoms with van der Waals surface area (Å²) in [6, 6.07) is 5.56. The number of aromatic hydroxyl groups is 2. The largest absolute Gasteiger partial charge is 0.507 e. The van der Waals surface area contributed by atoms with E-state index < -0.39 is 168 Å². The van der Waals surface area contributed by atoms with Crippen molar-refractivity contribution in [3.05, 3.63) is 87.6 Å². The summed E-state index contributed by atoms with van der Waals surface area (Å²) in [5, 5.41) is 74.2. The van der Waals surface area contributed by atoms with Crippen LogP contribution in [-0.4, -0.2) is 182 Å². The summed E-state index contributed by atoms with van der Waals surface area (Å²) >= 11 is 0. The second kappa shape index (κ2) is 27.2. The summed E-state index contributed by atoms with van der Waals surface area (Å²) in [6.45, 7) is 8.23. The minimum Gasteiger partial charge on any atom is -0.507 e. The highest BCUT2D eigenvalue weighted by molar-refractivity contribution is 6.31. The van der Waals surface area contributed by atoms with Gasteiger partial charge in [0.1, 0.15) is 59.7 Å². The van der Waals surface area contributed by atoms with Crippen LogP contribution in [0.15, 0.2) is 48.7 Å². The summed E-state index contributed by atoms with van der Waals surface area (Å²) in [4.78, 5) is 141. The van der Waals surface area contributed by atoms with E-state index in [0.717, 1.165) is 10.9 Å². The lowest BCUT2D eigenvalue weighted by atomic mass is 9.72. The standard InChI is InChI=1S/C61H76N8O18/c1-28(2)18-38(68-60(83)41-15-11-17-69(41)46(74)26-62-31(6)71)57(80)64-25-45(73)65-39(19-29(3)4)58(81)67-40(20-32-24-63-36-14-9-8-12-33(32)36)59(82)66-37-21-47(86-30(5)52(37)75)87-43-23-61(84,44(72)27-70)22-35-49(43)56(79)51-50(54(35)77)53(76)34-13-10-16-42(85-7)48(34)55(51)78/h8-10,12-14,16,24,28-30,37-41,43,47,52,63,70,75,77,79,84H,11,15,17-23,25-27H2,1-7H3,(H,62,71)(H,64,80)(H,65,73)(H,66,82)(H,67,81)(H,68,83)/t30-,37-,38-,39-,40-,41-,43-,47-,52+,61-/m0/s1. The molecule has 0 unspecified atom stereocenters. The van der Waals surface area contributed by atoms with Gasteiger partial charge in [-0.2, -0.15) is 0 Å². The normalized spacial score (nSPS) is 22.5. The molecule has 3 heterocycles. The van der Waals surface area contributed by atoms with Crippen molar-refractivity contribution >= 4 is 69.6 Å². The van der Waals surface area contributed by atoms with Gasteiger partial charge in [-0.05, 0) is 62.1 Å². The van der Waals surface area contributed by atoms with E-state index in [4.69, 9.17) is 14.2 Å². The molecule has 8 rings (SSSR count). The number of fused-ring (bicyclic) bond motifs is 4. The molecule has 3 aromatic carbocycles. The van der Waals surface area contributed by atoms with E-state index >= 15 is 0 Å². The second-order valence-electron chi connectivity index (χ2n) is 23.5. The third-order valence-electron chi connectivity index (χ3n) is 16.3. The Balaban J connectivity index is 1.00. The molecule has 7 amide bonds. The maximum atomic E-state index is 14.8. The average Bonchev–Trinajstić information content (AvgIpc) is 1.27. The molecule has 0 saturated carbocycles. The number of rotatable bonds is 23. The van der Waals surface area contributed by atoms with Crippen LogP contribution < -0.4 is 36.6 Å². The summed E-state index contributed by atoms with van der Waals surface area (Å²) in [6.07, 6.45) is -4.75. The lowest BCUT2D eigenvalue weighted by molar-refractivity contribution is -0.249. The Labute approximate surface area is 500 Å². The van der Waals surface area contributed by atoms with Crippen LogP contribution in [-0.2, 0) is 60.7 Å². The molecule has 12 N–H and O–H groups in total. The summed E-state index contributed by atoms with van der Waals surface area (Å²) in [5.74, 6) is -9.27. The third-order valence-corrected chi connectivity index (χ3v) is 16.3. The number of aromatic nitrogens is 1. The number of Topliss-reactive ketones (excluding diaryl/α,β-unsaturated/α-hetero) is 1. The van der Waals surface area contributed by atoms with Gasteiger partial charge in [0.25, 0.3) is 0 Å². The zero-order valence-electron chi connectivity index (χ0n) is 49.4. The van der Waals surface area contributed by atoms with Crippen LogP contribution in [0.3, 0.4) is 0 Å². The monoisotopic (exact) mass is 1210 g/mol. The van der Waals surface area contributed by atoms with Gasteiger partial charge in [-0.15, -0.1) is 0 Å². The van der Waals surface area contributed by atoms with Gasteiger partial charge in [0, 0.05) is 72.9 Å². The third kappa shape index (κ3) is 14.1. The number of aromatic amines is 1. The number of H-pyrrole nitrogens is 1. The number of ketones is 3. The molecular weight excluding hydrogens is 1130 g/mol. The van der Waals surface area contributed by atoms with Crippen molar-refractivity contribution in [2.24, 2.45) is 11.8 Å². The molecule has 1 aromatic heterocycles. The van der Waals surface area contributed by atoms with Gasteiger partial charge < -0.3 is 81.5 Å². The predicted octanol–water partition coefficient (Wildman–Crippen LogP) is 0.673. The van der Waals surface area contributed by atoms with E-state index in [1.807, 2.05) is 26.0 Å². The van der Waals surface area contributed by atoms with Crippen LogP contribution in [0.1, 0.15) is 135 Å². The number of phenols is 2. The number of para-hydroxylation sites is 1. The van der Waals surface area contributed by atoms with Crippen LogP contribution in [0, 0.1) is 11.8 Å². The number of hydrogen-bond donors (Lipinski definition) is 12. The first kappa shape index (κ1) is 64.7. The van der Waals surface area contributed by atoms with E-state index in [1.165, 1.54) is 44.1 Å². The van der Waals surface area contributed by atoms with Crippen molar-refractivity contribution in [2.75, 3.05) is 33.4 Å². The lowest BCUT2D eigenvalue weighted by Gasteiger charge is -2.43. The molecule has 468 valence electrons. The van der Waals surface area contributed by atoms with E-state index in [0.29, 0.717) is 18.4 Å². The number of carbonyl (C=O) groups is 10. The molecule has 4 aliphatic rings. The van der Waals surface area contributed by atoms with Crippen LogP contribution in [0.4, 0.5) is 0 Å². The first-order chi connectivity index (χ1) is 41.2.